The molecule has 0 bridgehead atoms. The Morgan fingerprint density at radius 3 is 2.61 bits per heavy atom. The fourth-order valence-electron chi connectivity index (χ4n) is 4.08. The molecule has 172 valence electrons. The van der Waals surface area contributed by atoms with Crippen LogP contribution in [-0.4, -0.2) is 49.8 Å². The van der Waals surface area contributed by atoms with Crippen molar-refractivity contribution in [1.82, 2.24) is 4.90 Å². The van der Waals surface area contributed by atoms with E-state index in [1.165, 1.54) is 6.08 Å². The van der Waals surface area contributed by atoms with E-state index >= 15 is 0 Å². The number of hydrogen-bond donors (Lipinski definition) is 1. The van der Waals surface area contributed by atoms with Crippen molar-refractivity contribution < 1.29 is 28.5 Å². The van der Waals surface area contributed by atoms with Gasteiger partial charge in [0.2, 0.25) is 18.6 Å². The third kappa shape index (κ3) is 4.71. The molecular weight excluding hydrogens is 448 g/mol. The van der Waals surface area contributed by atoms with Gasteiger partial charge < -0.3 is 29.2 Å². The fourth-order valence-corrected chi connectivity index (χ4v) is 4.35. The van der Waals surface area contributed by atoms with Gasteiger partial charge in [0.15, 0.2) is 23.0 Å². The van der Waals surface area contributed by atoms with Crippen LogP contribution in [0.3, 0.4) is 0 Å². The Balaban J connectivity index is 1.14. The summed E-state index contributed by atoms with van der Waals surface area (Å²) in [4.78, 5) is 27.1. The van der Waals surface area contributed by atoms with E-state index < -0.39 is 0 Å². The highest BCUT2D eigenvalue weighted by molar-refractivity contribution is 6.32. The van der Waals surface area contributed by atoms with Gasteiger partial charge in [0, 0.05) is 36.8 Å². The van der Waals surface area contributed by atoms with Crippen LogP contribution in [-0.2, 0) is 9.59 Å². The molecule has 3 aliphatic rings. The van der Waals surface area contributed by atoms with Crippen molar-refractivity contribution in [3.8, 4) is 23.0 Å². The Hall–Kier alpha value is -3.39. The summed E-state index contributed by atoms with van der Waals surface area (Å²) in [6.07, 6.45) is 4.44. The predicted molar refractivity (Wildman–Crippen MR) is 122 cm³/mol. The number of carbonyl (C=O) groups is 2. The molecule has 0 atom stereocenters. The molecule has 1 N–H and O–H groups in total. The lowest BCUT2D eigenvalue weighted by Gasteiger charge is -2.30. The average molecular weight is 471 g/mol. The van der Waals surface area contributed by atoms with Crippen LogP contribution < -0.4 is 24.3 Å². The van der Waals surface area contributed by atoms with Crippen molar-refractivity contribution in [2.45, 2.75) is 12.8 Å². The standard InChI is InChI=1S/C24H23ClN2O6/c25-18-11-15(12-21-23(18)31-10-9-30-21)1-4-22(28)27-7-5-16(6-8-27)24(29)26-17-2-3-19-20(13-17)33-14-32-19/h1-4,11-13,16H,5-10,14H2,(H,26,29). The number of nitrogens with zero attached hydrogens (tertiary/aromatic N) is 1. The highest BCUT2D eigenvalue weighted by Gasteiger charge is 2.27. The van der Waals surface area contributed by atoms with Gasteiger partial charge in [0.1, 0.15) is 13.2 Å². The molecule has 9 heteroatoms. The number of ether oxygens (including phenoxy) is 4. The Kier molecular flexibility index (Phi) is 6.00. The first-order valence-electron chi connectivity index (χ1n) is 10.8. The second kappa shape index (κ2) is 9.23. The van der Waals surface area contributed by atoms with Crippen LogP contribution >= 0.6 is 11.6 Å². The molecule has 2 amide bonds. The van der Waals surface area contributed by atoms with Crippen LogP contribution in [0.15, 0.2) is 36.4 Å². The molecule has 0 spiro atoms. The summed E-state index contributed by atoms with van der Waals surface area (Å²) in [5.74, 6) is 2.10. The first-order chi connectivity index (χ1) is 16.1. The largest absolute Gasteiger partial charge is 0.486 e. The first-order valence-corrected chi connectivity index (χ1v) is 11.2. The highest BCUT2D eigenvalue weighted by Crippen LogP contribution is 2.38. The summed E-state index contributed by atoms with van der Waals surface area (Å²) in [5.41, 5.74) is 1.43. The maximum Gasteiger partial charge on any atom is 0.246 e. The quantitative estimate of drug-likeness (QED) is 0.685. The second-order valence-corrected chi connectivity index (χ2v) is 8.42. The molecule has 0 radical (unpaired) electrons. The predicted octanol–water partition coefficient (Wildman–Crippen LogP) is 3.73. The van der Waals surface area contributed by atoms with E-state index in [-0.39, 0.29) is 24.5 Å². The van der Waals surface area contributed by atoms with Gasteiger partial charge in [-0.05, 0) is 48.7 Å². The van der Waals surface area contributed by atoms with Gasteiger partial charge in [-0.1, -0.05) is 11.6 Å². The molecule has 1 saturated heterocycles. The third-order valence-corrected chi connectivity index (χ3v) is 6.14. The number of rotatable bonds is 4. The van der Waals surface area contributed by atoms with Crippen molar-refractivity contribution in [2.24, 2.45) is 5.92 Å². The number of hydrogen-bond acceptors (Lipinski definition) is 6. The second-order valence-electron chi connectivity index (χ2n) is 8.02. The number of carbonyl (C=O) groups excluding carboxylic acids is 2. The highest BCUT2D eigenvalue weighted by atomic mass is 35.5. The lowest BCUT2D eigenvalue weighted by atomic mass is 9.95. The van der Waals surface area contributed by atoms with Crippen LogP contribution in [0, 0.1) is 5.92 Å². The smallest absolute Gasteiger partial charge is 0.246 e. The number of benzene rings is 2. The zero-order chi connectivity index (χ0) is 22.8. The van der Waals surface area contributed by atoms with Crippen LogP contribution in [0.1, 0.15) is 18.4 Å². The molecule has 1 fully saturated rings. The summed E-state index contributed by atoms with van der Waals surface area (Å²) in [6.45, 7) is 2.15. The van der Waals surface area contributed by atoms with Crippen molar-refractivity contribution in [3.05, 3.63) is 47.0 Å². The maximum absolute atomic E-state index is 12.7. The van der Waals surface area contributed by atoms with E-state index in [9.17, 15) is 9.59 Å². The molecule has 2 aromatic carbocycles. The number of halogens is 1. The summed E-state index contributed by atoms with van der Waals surface area (Å²) >= 11 is 6.26. The van der Waals surface area contributed by atoms with E-state index in [0.29, 0.717) is 72.9 Å². The van der Waals surface area contributed by atoms with Crippen molar-refractivity contribution in [1.29, 1.82) is 0 Å². The maximum atomic E-state index is 12.7. The molecule has 3 heterocycles. The Labute approximate surface area is 196 Å². The molecule has 5 rings (SSSR count). The zero-order valence-electron chi connectivity index (χ0n) is 17.8. The zero-order valence-corrected chi connectivity index (χ0v) is 18.6. The molecule has 0 unspecified atom stereocenters. The molecular formula is C24H23ClN2O6. The molecule has 33 heavy (non-hydrogen) atoms. The lowest BCUT2D eigenvalue weighted by molar-refractivity contribution is -0.130. The summed E-state index contributed by atoms with van der Waals surface area (Å²) in [5, 5.41) is 3.39. The first kappa shape index (κ1) is 21.5. The number of fused-ring (bicyclic) bond motifs is 2. The van der Waals surface area contributed by atoms with Crippen LogP contribution in [0.4, 0.5) is 5.69 Å². The van der Waals surface area contributed by atoms with Crippen LogP contribution in [0.25, 0.3) is 6.08 Å². The third-order valence-electron chi connectivity index (χ3n) is 5.86. The lowest BCUT2D eigenvalue weighted by Crippen LogP contribution is -2.40. The van der Waals surface area contributed by atoms with E-state index in [4.69, 9.17) is 30.5 Å². The normalized spacial score (nSPS) is 17.3. The van der Waals surface area contributed by atoms with Crippen molar-refractivity contribution in [3.63, 3.8) is 0 Å². The number of nitrogens with one attached hydrogen (secondary N) is 1. The van der Waals surface area contributed by atoms with Gasteiger partial charge in [-0.2, -0.15) is 0 Å². The minimum absolute atomic E-state index is 0.0533. The number of piperidine rings is 1. The molecule has 0 saturated carbocycles. The van der Waals surface area contributed by atoms with Gasteiger partial charge in [0.05, 0.1) is 5.02 Å². The van der Waals surface area contributed by atoms with E-state index in [0.717, 1.165) is 5.56 Å². The van der Waals surface area contributed by atoms with Crippen molar-refractivity contribution >= 4 is 35.2 Å². The van der Waals surface area contributed by atoms with Gasteiger partial charge in [-0.25, -0.2) is 0 Å². The van der Waals surface area contributed by atoms with Gasteiger partial charge >= 0.3 is 0 Å². The van der Waals surface area contributed by atoms with Gasteiger partial charge in [-0.15, -0.1) is 0 Å². The van der Waals surface area contributed by atoms with Crippen molar-refractivity contribution in [2.75, 3.05) is 38.4 Å². The Bertz CT molecular complexity index is 1110. The monoisotopic (exact) mass is 470 g/mol. The van der Waals surface area contributed by atoms with Gasteiger partial charge in [-0.3, -0.25) is 9.59 Å². The molecule has 0 aliphatic carbocycles. The number of anilines is 1. The Morgan fingerprint density at radius 1 is 0.970 bits per heavy atom. The summed E-state index contributed by atoms with van der Waals surface area (Å²) < 4.78 is 21.7. The minimum Gasteiger partial charge on any atom is -0.486 e. The van der Waals surface area contributed by atoms with Crippen LogP contribution in [0.5, 0.6) is 23.0 Å². The summed E-state index contributed by atoms with van der Waals surface area (Å²) in [7, 11) is 0. The summed E-state index contributed by atoms with van der Waals surface area (Å²) in [6, 6.07) is 8.87. The molecule has 0 aromatic heterocycles. The van der Waals surface area contributed by atoms with E-state index in [2.05, 4.69) is 5.32 Å². The number of likely N-dealkylation sites (tertiary alicyclic amines) is 1. The molecule has 2 aromatic rings. The average Bonchev–Trinajstić information content (AvgIpc) is 3.30. The minimum atomic E-state index is -0.153. The SMILES string of the molecule is O=C(Nc1ccc2c(c1)OCO2)C1CCN(C(=O)C=Cc2cc(Cl)c3c(c2)OCCO3)CC1. The topological polar surface area (TPSA) is 86.3 Å². The Morgan fingerprint density at radius 2 is 1.76 bits per heavy atom. The van der Waals surface area contributed by atoms with E-state index in [1.807, 2.05) is 0 Å². The van der Waals surface area contributed by atoms with E-state index in [1.54, 1.807) is 41.3 Å². The molecule has 8 nitrogen and oxygen atoms in total. The number of amides is 2. The van der Waals surface area contributed by atoms with Crippen LogP contribution in [0.2, 0.25) is 5.02 Å². The van der Waals surface area contributed by atoms with Gasteiger partial charge in [0.25, 0.3) is 0 Å². The molecule has 3 aliphatic heterocycles. The fraction of sp³-hybridized carbons (Fsp3) is 0.333.